The summed E-state index contributed by atoms with van der Waals surface area (Å²) in [4.78, 5) is 26.5. The normalized spacial score (nSPS) is 17.3. The topological polar surface area (TPSA) is 61.4 Å². The summed E-state index contributed by atoms with van der Waals surface area (Å²) in [6.45, 7) is 7.52. The second-order valence-electron chi connectivity index (χ2n) is 6.78. The molecule has 1 aliphatic rings. The van der Waals surface area contributed by atoms with Crippen molar-refractivity contribution < 1.29 is 4.79 Å². The molecule has 1 saturated heterocycles. The number of thiazole rings is 1. The number of carbonyl (C=O) groups is 1. The molecule has 2 aromatic heterocycles. The largest absolute Gasteiger partial charge is 0.324 e. The molecule has 0 aliphatic carbocycles. The van der Waals surface area contributed by atoms with E-state index in [4.69, 9.17) is 0 Å². The zero-order valence-electron chi connectivity index (χ0n) is 15.0. The van der Waals surface area contributed by atoms with Crippen LogP contribution in [-0.2, 0) is 6.54 Å². The molecule has 3 heterocycles. The fourth-order valence-corrected chi connectivity index (χ4v) is 4.00. The third-order valence-electron chi connectivity index (χ3n) is 4.56. The van der Waals surface area contributed by atoms with Gasteiger partial charge in [-0.1, -0.05) is 0 Å². The van der Waals surface area contributed by atoms with Crippen LogP contribution in [0.1, 0.15) is 22.7 Å². The maximum Gasteiger partial charge on any atom is 0.321 e. The Morgan fingerprint density at radius 1 is 1.40 bits per heavy atom. The van der Waals surface area contributed by atoms with Gasteiger partial charge in [-0.15, -0.1) is 11.3 Å². The molecule has 6 nitrogen and oxygen atoms in total. The fourth-order valence-electron chi connectivity index (χ4n) is 3.14. The molecule has 1 atom stereocenters. The van der Waals surface area contributed by atoms with Gasteiger partial charge in [0.05, 0.1) is 23.1 Å². The van der Waals surface area contributed by atoms with Gasteiger partial charge in [0, 0.05) is 36.8 Å². The lowest BCUT2D eigenvalue weighted by Gasteiger charge is -2.21. The van der Waals surface area contributed by atoms with E-state index in [1.807, 2.05) is 29.5 Å². The van der Waals surface area contributed by atoms with Crippen molar-refractivity contribution in [1.29, 1.82) is 0 Å². The molecule has 3 rings (SSSR count). The van der Waals surface area contributed by atoms with Gasteiger partial charge in [0.2, 0.25) is 0 Å². The number of likely N-dealkylation sites (tertiary alicyclic amines) is 1. The van der Waals surface area contributed by atoms with Crippen LogP contribution in [0.2, 0.25) is 0 Å². The molecule has 2 amide bonds. The first kappa shape index (κ1) is 17.8. The van der Waals surface area contributed by atoms with Crippen molar-refractivity contribution in [2.24, 2.45) is 5.92 Å². The van der Waals surface area contributed by atoms with Crippen LogP contribution in [0.4, 0.5) is 10.5 Å². The second-order valence-corrected chi connectivity index (χ2v) is 7.72. The Labute approximate surface area is 152 Å². The van der Waals surface area contributed by atoms with E-state index >= 15 is 0 Å². The molecule has 7 heteroatoms. The lowest BCUT2D eigenvalue weighted by Crippen LogP contribution is -2.34. The minimum atomic E-state index is -0.0332. The number of pyridine rings is 1. The molecule has 1 N–H and O–H groups in total. The lowest BCUT2D eigenvalue weighted by atomic mass is 10.1. The van der Waals surface area contributed by atoms with E-state index in [0.717, 1.165) is 49.7 Å². The minimum Gasteiger partial charge on any atom is -0.324 e. The van der Waals surface area contributed by atoms with E-state index in [1.54, 1.807) is 17.5 Å². The Balaban J connectivity index is 1.47. The Morgan fingerprint density at radius 3 is 2.92 bits per heavy atom. The van der Waals surface area contributed by atoms with Crippen molar-refractivity contribution >= 4 is 23.1 Å². The summed E-state index contributed by atoms with van der Waals surface area (Å²) in [5.41, 5.74) is 4.71. The van der Waals surface area contributed by atoms with E-state index in [1.165, 1.54) is 4.88 Å². The van der Waals surface area contributed by atoms with Gasteiger partial charge in [0.1, 0.15) is 0 Å². The number of urea groups is 1. The molecule has 0 aromatic carbocycles. The number of aromatic nitrogens is 2. The van der Waals surface area contributed by atoms with Crippen molar-refractivity contribution in [2.75, 3.05) is 32.0 Å². The maximum absolute atomic E-state index is 12.4. The van der Waals surface area contributed by atoms with Crippen LogP contribution in [0.3, 0.4) is 0 Å². The highest BCUT2D eigenvalue weighted by molar-refractivity contribution is 7.09. The van der Waals surface area contributed by atoms with Crippen molar-refractivity contribution in [3.63, 3.8) is 0 Å². The molecule has 0 bridgehead atoms. The van der Waals surface area contributed by atoms with E-state index < -0.39 is 0 Å². The van der Waals surface area contributed by atoms with Gasteiger partial charge in [0.25, 0.3) is 0 Å². The SMILES string of the molecule is Cc1ccc(NC(=O)N2CCC(CN(C)Cc3scnc3C)C2)cn1. The van der Waals surface area contributed by atoms with Gasteiger partial charge >= 0.3 is 6.03 Å². The number of anilines is 1. The molecular weight excluding hydrogens is 334 g/mol. The Bertz CT molecular complexity index is 715. The highest BCUT2D eigenvalue weighted by atomic mass is 32.1. The summed E-state index contributed by atoms with van der Waals surface area (Å²) < 4.78 is 0. The molecular formula is C18H25N5OS. The highest BCUT2D eigenvalue weighted by Gasteiger charge is 2.27. The first-order valence-corrected chi connectivity index (χ1v) is 9.45. The Kier molecular flexibility index (Phi) is 5.65. The minimum absolute atomic E-state index is 0.0332. The number of nitrogens with one attached hydrogen (secondary N) is 1. The predicted molar refractivity (Wildman–Crippen MR) is 101 cm³/mol. The monoisotopic (exact) mass is 359 g/mol. The molecule has 0 saturated carbocycles. The number of aryl methyl sites for hydroxylation is 2. The van der Waals surface area contributed by atoms with Gasteiger partial charge in [-0.05, 0) is 45.4 Å². The quantitative estimate of drug-likeness (QED) is 0.891. The molecule has 0 spiro atoms. The van der Waals surface area contributed by atoms with E-state index in [0.29, 0.717) is 5.92 Å². The van der Waals surface area contributed by atoms with Crippen LogP contribution < -0.4 is 5.32 Å². The van der Waals surface area contributed by atoms with E-state index in [2.05, 4.69) is 34.2 Å². The summed E-state index contributed by atoms with van der Waals surface area (Å²) >= 11 is 1.71. The standard InChI is InChI=1S/C18H25N5OS/c1-13-4-5-16(8-19-13)21-18(24)23-7-6-15(10-23)9-22(3)11-17-14(2)20-12-25-17/h4-5,8,12,15H,6-7,9-11H2,1-3H3,(H,21,24). The van der Waals surface area contributed by atoms with E-state index in [9.17, 15) is 4.79 Å². The molecule has 134 valence electrons. The highest BCUT2D eigenvalue weighted by Crippen LogP contribution is 2.20. The molecule has 1 unspecified atom stereocenters. The number of hydrogen-bond donors (Lipinski definition) is 1. The third-order valence-corrected chi connectivity index (χ3v) is 5.48. The summed E-state index contributed by atoms with van der Waals surface area (Å²) in [7, 11) is 2.14. The number of hydrogen-bond acceptors (Lipinski definition) is 5. The first-order valence-electron chi connectivity index (χ1n) is 8.57. The van der Waals surface area contributed by atoms with Gasteiger partial charge in [0.15, 0.2) is 0 Å². The Hall–Kier alpha value is -1.99. The molecule has 0 radical (unpaired) electrons. The molecule has 1 aliphatic heterocycles. The summed E-state index contributed by atoms with van der Waals surface area (Å²) in [5.74, 6) is 0.514. The van der Waals surface area contributed by atoms with Gasteiger partial charge < -0.3 is 15.1 Å². The lowest BCUT2D eigenvalue weighted by molar-refractivity contribution is 0.217. The average molecular weight is 359 g/mol. The smallest absolute Gasteiger partial charge is 0.321 e. The van der Waals surface area contributed by atoms with Crippen LogP contribution >= 0.6 is 11.3 Å². The fraction of sp³-hybridized carbons (Fsp3) is 0.500. The number of carbonyl (C=O) groups excluding carboxylic acids is 1. The third kappa shape index (κ3) is 4.76. The van der Waals surface area contributed by atoms with Crippen molar-refractivity contribution in [3.8, 4) is 0 Å². The zero-order chi connectivity index (χ0) is 17.8. The van der Waals surface area contributed by atoms with Crippen LogP contribution in [0.15, 0.2) is 23.8 Å². The van der Waals surface area contributed by atoms with Crippen LogP contribution in [0.5, 0.6) is 0 Å². The van der Waals surface area contributed by atoms with Gasteiger partial charge in [-0.3, -0.25) is 4.98 Å². The summed E-state index contributed by atoms with van der Waals surface area (Å²) in [5, 5.41) is 2.93. The number of nitrogens with zero attached hydrogens (tertiary/aromatic N) is 4. The predicted octanol–water partition coefficient (Wildman–Crippen LogP) is 3.14. The van der Waals surface area contributed by atoms with E-state index in [-0.39, 0.29) is 6.03 Å². The second kappa shape index (κ2) is 7.93. The van der Waals surface area contributed by atoms with Crippen LogP contribution in [0.25, 0.3) is 0 Å². The van der Waals surface area contributed by atoms with Crippen molar-refractivity contribution in [3.05, 3.63) is 40.1 Å². The Morgan fingerprint density at radius 2 is 2.24 bits per heavy atom. The summed E-state index contributed by atoms with van der Waals surface area (Å²) in [6, 6.07) is 3.76. The van der Waals surface area contributed by atoms with Gasteiger partial charge in [-0.2, -0.15) is 0 Å². The summed E-state index contributed by atoms with van der Waals surface area (Å²) in [6.07, 6.45) is 2.75. The number of rotatable bonds is 5. The average Bonchev–Trinajstić information content (AvgIpc) is 3.19. The first-order chi connectivity index (χ1) is 12.0. The molecule has 25 heavy (non-hydrogen) atoms. The van der Waals surface area contributed by atoms with Crippen LogP contribution in [0, 0.1) is 19.8 Å². The number of amides is 2. The van der Waals surface area contributed by atoms with Crippen molar-refractivity contribution in [1.82, 2.24) is 19.8 Å². The molecule has 2 aromatic rings. The van der Waals surface area contributed by atoms with Crippen LogP contribution in [-0.4, -0.2) is 52.5 Å². The van der Waals surface area contributed by atoms with Crippen molar-refractivity contribution in [2.45, 2.75) is 26.8 Å². The molecule has 1 fully saturated rings. The maximum atomic E-state index is 12.4. The zero-order valence-corrected chi connectivity index (χ0v) is 15.8. The van der Waals surface area contributed by atoms with Gasteiger partial charge in [-0.25, -0.2) is 9.78 Å².